The van der Waals surface area contributed by atoms with E-state index in [-0.39, 0.29) is 0 Å². The van der Waals surface area contributed by atoms with Gasteiger partial charge in [0, 0.05) is 10.7 Å². The highest BCUT2D eigenvalue weighted by atomic mass is 35.5. The lowest BCUT2D eigenvalue weighted by Crippen LogP contribution is -2.04. The second-order valence-electron chi connectivity index (χ2n) is 5.31. The van der Waals surface area contributed by atoms with E-state index in [2.05, 4.69) is 25.8 Å². The zero-order valence-electron chi connectivity index (χ0n) is 13.1. The number of rotatable bonds is 4. The molecule has 3 aromatic rings. The molecule has 1 heterocycles. The van der Waals surface area contributed by atoms with Gasteiger partial charge in [0.05, 0.1) is 16.9 Å². The summed E-state index contributed by atoms with van der Waals surface area (Å²) in [5.74, 6) is 0.915. The van der Waals surface area contributed by atoms with Gasteiger partial charge in [-0.15, -0.1) is 5.10 Å². The van der Waals surface area contributed by atoms with Crippen LogP contribution >= 0.6 is 23.2 Å². The highest BCUT2D eigenvalue weighted by Gasteiger charge is 2.08. The molecule has 0 saturated heterocycles. The van der Waals surface area contributed by atoms with E-state index in [9.17, 15) is 0 Å². The van der Waals surface area contributed by atoms with Gasteiger partial charge in [-0.3, -0.25) is 0 Å². The topological polar surface area (TPSA) is 62.7 Å². The van der Waals surface area contributed by atoms with E-state index in [0.29, 0.717) is 27.5 Å². The van der Waals surface area contributed by atoms with Crippen molar-refractivity contribution in [3.63, 3.8) is 0 Å². The maximum Gasteiger partial charge on any atom is 0.249 e. The summed E-state index contributed by atoms with van der Waals surface area (Å²) in [6.07, 6.45) is 1.57. The molecule has 0 aliphatic rings. The van der Waals surface area contributed by atoms with Crippen molar-refractivity contribution in [1.82, 2.24) is 15.2 Å². The monoisotopic (exact) mass is 359 g/mol. The zero-order valence-corrected chi connectivity index (χ0v) is 14.7. The number of aromatic nitrogens is 3. The van der Waals surface area contributed by atoms with Crippen LogP contribution in [0.3, 0.4) is 0 Å². The number of halogens is 2. The molecule has 0 unspecified atom stereocenters. The molecular formula is C17H15Cl2N5. The molecule has 2 N–H and O–H groups in total. The average molecular weight is 360 g/mol. The maximum absolute atomic E-state index is 6.14. The molecule has 5 nitrogen and oxygen atoms in total. The average Bonchev–Trinajstić information content (AvgIpc) is 2.55. The van der Waals surface area contributed by atoms with Crippen LogP contribution < -0.4 is 10.6 Å². The first-order valence-electron chi connectivity index (χ1n) is 7.28. The fourth-order valence-electron chi connectivity index (χ4n) is 2.27. The molecule has 0 radical (unpaired) electrons. The van der Waals surface area contributed by atoms with Gasteiger partial charge < -0.3 is 10.6 Å². The van der Waals surface area contributed by atoms with Gasteiger partial charge in [-0.2, -0.15) is 10.1 Å². The molecule has 2 aromatic carbocycles. The zero-order chi connectivity index (χ0) is 17.1. The molecule has 7 heteroatoms. The van der Waals surface area contributed by atoms with Crippen LogP contribution in [0.4, 0.5) is 23.1 Å². The van der Waals surface area contributed by atoms with Crippen molar-refractivity contribution in [2.75, 3.05) is 10.6 Å². The fraction of sp³-hybridized carbons (Fsp3) is 0.118. The Kier molecular flexibility index (Phi) is 4.83. The van der Waals surface area contributed by atoms with Gasteiger partial charge in [0.15, 0.2) is 5.82 Å². The Morgan fingerprint density at radius 2 is 1.71 bits per heavy atom. The van der Waals surface area contributed by atoms with Crippen LogP contribution in [-0.4, -0.2) is 15.2 Å². The van der Waals surface area contributed by atoms with Gasteiger partial charge in [0.1, 0.15) is 0 Å². The van der Waals surface area contributed by atoms with Crippen molar-refractivity contribution in [3.8, 4) is 0 Å². The molecule has 0 saturated carbocycles. The van der Waals surface area contributed by atoms with Crippen molar-refractivity contribution < 1.29 is 0 Å². The van der Waals surface area contributed by atoms with E-state index in [1.165, 1.54) is 0 Å². The molecule has 0 atom stereocenters. The molecule has 0 aliphatic carbocycles. The van der Waals surface area contributed by atoms with Crippen LogP contribution in [0.1, 0.15) is 11.1 Å². The molecule has 3 rings (SSSR count). The number of nitrogens with one attached hydrogen (secondary N) is 2. The van der Waals surface area contributed by atoms with Gasteiger partial charge in [0.25, 0.3) is 0 Å². The minimum Gasteiger partial charge on any atom is -0.338 e. The maximum atomic E-state index is 6.14. The highest BCUT2D eigenvalue weighted by molar-refractivity contribution is 6.35. The first kappa shape index (κ1) is 16.5. The normalized spacial score (nSPS) is 10.5. The van der Waals surface area contributed by atoms with Gasteiger partial charge in [-0.05, 0) is 43.2 Å². The van der Waals surface area contributed by atoms with Crippen molar-refractivity contribution in [2.24, 2.45) is 0 Å². The van der Waals surface area contributed by atoms with Gasteiger partial charge >= 0.3 is 0 Å². The van der Waals surface area contributed by atoms with Crippen molar-refractivity contribution >= 4 is 46.3 Å². The van der Waals surface area contributed by atoms with E-state index >= 15 is 0 Å². The Bertz CT molecular complexity index is 862. The van der Waals surface area contributed by atoms with E-state index < -0.39 is 0 Å². The predicted octanol–water partition coefficient (Wildman–Crippen LogP) is 5.28. The second-order valence-corrected chi connectivity index (χ2v) is 6.15. The fourth-order valence-corrected chi connectivity index (χ4v) is 2.61. The molecule has 0 aliphatic heterocycles. The number of nitrogens with zero attached hydrogens (tertiary/aromatic N) is 3. The summed E-state index contributed by atoms with van der Waals surface area (Å²) in [5, 5.41) is 15.4. The lowest BCUT2D eigenvalue weighted by molar-refractivity contribution is 0.982. The van der Waals surface area contributed by atoms with Crippen LogP contribution in [0.5, 0.6) is 0 Å². The Balaban J connectivity index is 1.86. The quantitative estimate of drug-likeness (QED) is 0.663. The second kappa shape index (κ2) is 7.03. The Labute approximate surface area is 150 Å². The molecule has 1 aromatic heterocycles. The van der Waals surface area contributed by atoms with Gasteiger partial charge in [-0.1, -0.05) is 41.4 Å². The van der Waals surface area contributed by atoms with Crippen LogP contribution in [0.15, 0.2) is 42.6 Å². The Morgan fingerprint density at radius 1 is 0.958 bits per heavy atom. The van der Waals surface area contributed by atoms with Crippen LogP contribution in [0, 0.1) is 13.8 Å². The van der Waals surface area contributed by atoms with Crippen LogP contribution in [0.25, 0.3) is 0 Å². The summed E-state index contributed by atoms with van der Waals surface area (Å²) in [6.45, 7) is 4.07. The lowest BCUT2D eigenvalue weighted by Gasteiger charge is -2.12. The van der Waals surface area contributed by atoms with Gasteiger partial charge in [0.2, 0.25) is 5.95 Å². The SMILES string of the molecule is Cc1cccc(C)c1Nc1cnnc(Nc2cc(Cl)ccc2Cl)n1. The van der Waals surface area contributed by atoms with Crippen LogP contribution in [-0.2, 0) is 0 Å². The Hall–Kier alpha value is -2.37. The van der Waals surface area contributed by atoms with Gasteiger partial charge in [-0.25, -0.2) is 0 Å². The summed E-state index contributed by atoms with van der Waals surface area (Å²) in [4.78, 5) is 4.42. The number of para-hydroxylation sites is 1. The highest BCUT2D eigenvalue weighted by Crippen LogP contribution is 2.28. The first-order valence-corrected chi connectivity index (χ1v) is 8.03. The van der Waals surface area contributed by atoms with Crippen molar-refractivity contribution in [1.29, 1.82) is 0 Å². The smallest absolute Gasteiger partial charge is 0.249 e. The standard InChI is InChI=1S/C17H15Cl2N5/c1-10-4-3-5-11(2)16(10)22-15-9-20-24-17(23-15)21-14-8-12(18)6-7-13(14)19/h3-9H,1-2H3,(H2,21,22,23,24). The molecule has 0 amide bonds. The van der Waals surface area contributed by atoms with E-state index in [0.717, 1.165) is 16.8 Å². The molecule has 0 spiro atoms. The lowest BCUT2D eigenvalue weighted by atomic mass is 10.1. The number of hydrogen-bond acceptors (Lipinski definition) is 5. The summed E-state index contributed by atoms with van der Waals surface area (Å²) >= 11 is 12.1. The summed E-state index contributed by atoms with van der Waals surface area (Å²) in [7, 11) is 0. The molecular weight excluding hydrogens is 345 g/mol. The number of hydrogen-bond donors (Lipinski definition) is 2. The predicted molar refractivity (Wildman–Crippen MR) is 98.8 cm³/mol. The first-order chi connectivity index (χ1) is 11.5. The van der Waals surface area contributed by atoms with E-state index in [1.807, 2.05) is 32.0 Å². The molecule has 24 heavy (non-hydrogen) atoms. The van der Waals surface area contributed by atoms with Crippen molar-refractivity contribution in [2.45, 2.75) is 13.8 Å². The molecule has 0 fully saturated rings. The van der Waals surface area contributed by atoms with Crippen LogP contribution in [0.2, 0.25) is 10.0 Å². The largest absolute Gasteiger partial charge is 0.338 e. The Morgan fingerprint density at radius 3 is 2.46 bits per heavy atom. The summed E-state index contributed by atoms with van der Waals surface area (Å²) in [5.41, 5.74) is 3.88. The van der Waals surface area contributed by atoms with E-state index in [1.54, 1.807) is 24.4 Å². The summed E-state index contributed by atoms with van der Waals surface area (Å²) < 4.78 is 0. The third-order valence-electron chi connectivity index (χ3n) is 3.47. The third kappa shape index (κ3) is 3.75. The molecule has 0 bridgehead atoms. The minimum absolute atomic E-state index is 0.329. The van der Waals surface area contributed by atoms with E-state index in [4.69, 9.17) is 23.2 Å². The van der Waals surface area contributed by atoms with Crippen molar-refractivity contribution in [3.05, 3.63) is 63.8 Å². The molecule has 122 valence electrons. The summed E-state index contributed by atoms with van der Waals surface area (Å²) in [6, 6.07) is 11.2. The minimum atomic E-state index is 0.329. The number of benzene rings is 2. The number of aryl methyl sites for hydroxylation is 2. The third-order valence-corrected chi connectivity index (χ3v) is 4.03. The number of anilines is 4.